The highest BCUT2D eigenvalue weighted by atomic mass is 19.1. The summed E-state index contributed by atoms with van der Waals surface area (Å²) in [7, 11) is 0. The van der Waals surface area contributed by atoms with Crippen molar-refractivity contribution in [3.8, 4) is 0 Å². The van der Waals surface area contributed by atoms with Crippen LogP contribution in [0.15, 0.2) is 18.2 Å². The summed E-state index contributed by atoms with van der Waals surface area (Å²) in [6.45, 7) is 6.38. The van der Waals surface area contributed by atoms with Crippen molar-refractivity contribution in [3.05, 3.63) is 35.3 Å². The Hall–Kier alpha value is -2.04. The first-order valence-electron chi connectivity index (χ1n) is 5.89. The molecule has 3 N–H and O–H groups in total. The summed E-state index contributed by atoms with van der Waals surface area (Å²) in [4.78, 5) is 0. The number of rotatable bonds is 3. The molecule has 18 heavy (non-hydrogen) atoms. The summed E-state index contributed by atoms with van der Waals surface area (Å²) >= 11 is 0. The topological polar surface area (TPSA) is 55.9 Å². The fourth-order valence-electron chi connectivity index (χ4n) is 1.82. The Morgan fingerprint density at radius 3 is 2.78 bits per heavy atom. The van der Waals surface area contributed by atoms with Crippen molar-refractivity contribution in [2.45, 2.75) is 27.3 Å². The number of nitrogens with one attached hydrogen (secondary N) is 1. The van der Waals surface area contributed by atoms with Gasteiger partial charge in [-0.15, -0.1) is 0 Å². The lowest BCUT2D eigenvalue weighted by Crippen LogP contribution is -2.05. The molecule has 2 rings (SSSR count). The molecule has 0 spiro atoms. The quantitative estimate of drug-likeness (QED) is 0.878. The van der Waals surface area contributed by atoms with Crippen LogP contribution < -0.4 is 11.1 Å². The van der Waals surface area contributed by atoms with E-state index in [1.807, 2.05) is 20.8 Å². The molecule has 0 aliphatic carbocycles. The number of hydrogen-bond acceptors (Lipinski definition) is 3. The third kappa shape index (κ3) is 2.16. The SMILES string of the molecule is CCn1nc(C)c(N)c1Nc1cc(C)ccc1F. The first kappa shape index (κ1) is 12.4. The number of nitrogens with zero attached hydrogens (tertiary/aromatic N) is 2. The molecule has 0 amide bonds. The van der Waals surface area contributed by atoms with Crippen molar-refractivity contribution < 1.29 is 4.39 Å². The van der Waals surface area contributed by atoms with Gasteiger partial charge in [-0.2, -0.15) is 5.10 Å². The molecule has 0 saturated carbocycles. The van der Waals surface area contributed by atoms with Crippen molar-refractivity contribution in [3.63, 3.8) is 0 Å². The van der Waals surface area contributed by atoms with Crippen LogP contribution in [-0.2, 0) is 6.54 Å². The number of hydrogen-bond donors (Lipinski definition) is 2. The van der Waals surface area contributed by atoms with Crippen LogP contribution in [0, 0.1) is 19.7 Å². The van der Waals surface area contributed by atoms with Crippen LogP contribution in [0.3, 0.4) is 0 Å². The Morgan fingerprint density at radius 2 is 2.11 bits per heavy atom. The van der Waals surface area contributed by atoms with E-state index >= 15 is 0 Å². The van der Waals surface area contributed by atoms with Gasteiger partial charge in [-0.1, -0.05) is 6.07 Å². The van der Waals surface area contributed by atoms with Gasteiger partial charge >= 0.3 is 0 Å². The lowest BCUT2D eigenvalue weighted by atomic mass is 10.2. The molecule has 5 heteroatoms. The molecule has 4 nitrogen and oxygen atoms in total. The zero-order valence-corrected chi connectivity index (χ0v) is 10.8. The highest BCUT2D eigenvalue weighted by molar-refractivity contribution is 5.71. The summed E-state index contributed by atoms with van der Waals surface area (Å²) in [5, 5.41) is 7.31. The van der Waals surface area contributed by atoms with E-state index in [1.165, 1.54) is 6.07 Å². The van der Waals surface area contributed by atoms with Gasteiger partial charge in [-0.3, -0.25) is 0 Å². The van der Waals surface area contributed by atoms with Crippen molar-refractivity contribution in [1.82, 2.24) is 9.78 Å². The van der Waals surface area contributed by atoms with Crippen LogP contribution >= 0.6 is 0 Å². The molecule has 0 unspecified atom stereocenters. The molecule has 0 aliphatic rings. The lowest BCUT2D eigenvalue weighted by Gasteiger charge is -2.10. The maximum absolute atomic E-state index is 13.7. The minimum absolute atomic E-state index is 0.304. The van der Waals surface area contributed by atoms with E-state index in [2.05, 4.69) is 10.4 Å². The second kappa shape index (κ2) is 4.68. The first-order chi connectivity index (χ1) is 8.52. The highest BCUT2D eigenvalue weighted by Gasteiger charge is 2.13. The molecule has 0 fully saturated rings. The molecule has 0 atom stereocenters. The Kier molecular flexibility index (Phi) is 3.23. The van der Waals surface area contributed by atoms with Gasteiger partial charge in [0.05, 0.1) is 17.1 Å². The van der Waals surface area contributed by atoms with Crippen LogP contribution in [0.4, 0.5) is 21.6 Å². The smallest absolute Gasteiger partial charge is 0.152 e. The summed E-state index contributed by atoms with van der Waals surface area (Å²) < 4.78 is 15.4. The molecule has 1 aromatic carbocycles. The second-order valence-electron chi connectivity index (χ2n) is 4.27. The van der Waals surface area contributed by atoms with E-state index < -0.39 is 0 Å². The maximum atomic E-state index is 13.7. The lowest BCUT2D eigenvalue weighted by molar-refractivity contribution is 0.628. The Balaban J connectivity index is 2.42. The standard InChI is InChI=1S/C13H17FN4/c1-4-18-13(12(15)9(3)17-18)16-11-7-8(2)5-6-10(11)14/h5-7,16H,4,15H2,1-3H3. The molecule has 0 bridgehead atoms. The fourth-order valence-corrected chi connectivity index (χ4v) is 1.82. The summed E-state index contributed by atoms with van der Waals surface area (Å²) in [5.41, 5.74) is 8.64. The largest absolute Gasteiger partial charge is 0.394 e. The van der Waals surface area contributed by atoms with Gasteiger partial charge in [0.15, 0.2) is 5.82 Å². The minimum Gasteiger partial charge on any atom is -0.394 e. The zero-order valence-electron chi connectivity index (χ0n) is 10.8. The van der Waals surface area contributed by atoms with Crippen LogP contribution in [0.2, 0.25) is 0 Å². The number of benzene rings is 1. The number of nitrogens with two attached hydrogens (primary N) is 1. The summed E-state index contributed by atoms with van der Waals surface area (Å²) in [5.74, 6) is 0.334. The monoisotopic (exact) mass is 248 g/mol. The van der Waals surface area contributed by atoms with Crippen LogP contribution in [0.5, 0.6) is 0 Å². The molecule has 2 aromatic rings. The number of halogens is 1. The average molecular weight is 248 g/mol. The number of aromatic nitrogens is 2. The Morgan fingerprint density at radius 1 is 1.39 bits per heavy atom. The van der Waals surface area contributed by atoms with Crippen molar-refractivity contribution in [1.29, 1.82) is 0 Å². The van der Waals surface area contributed by atoms with Crippen LogP contribution in [0.25, 0.3) is 0 Å². The van der Waals surface area contributed by atoms with Gasteiger partial charge in [0.1, 0.15) is 5.82 Å². The van der Waals surface area contributed by atoms with Crippen LogP contribution in [-0.4, -0.2) is 9.78 Å². The predicted molar refractivity (Wildman–Crippen MR) is 71.5 cm³/mol. The molecule has 1 heterocycles. The molecule has 1 aromatic heterocycles. The molecule has 0 aliphatic heterocycles. The second-order valence-corrected chi connectivity index (χ2v) is 4.27. The van der Waals surface area contributed by atoms with Gasteiger partial charge in [0.25, 0.3) is 0 Å². The molecule has 96 valence electrons. The Labute approximate surface area is 106 Å². The van der Waals surface area contributed by atoms with Crippen LogP contribution in [0.1, 0.15) is 18.2 Å². The van der Waals surface area contributed by atoms with E-state index in [9.17, 15) is 4.39 Å². The van der Waals surface area contributed by atoms with E-state index in [0.717, 1.165) is 11.3 Å². The summed E-state index contributed by atoms with van der Waals surface area (Å²) in [6, 6.07) is 4.91. The van der Waals surface area contributed by atoms with E-state index in [4.69, 9.17) is 5.73 Å². The average Bonchev–Trinajstić information content (AvgIpc) is 2.61. The third-order valence-electron chi connectivity index (χ3n) is 2.85. The zero-order chi connectivity index (χ0) is 13.3. The first-order valence-corrected chi connectivity index (χ1v) is 5.89. The highest BCUT2D eigenvalue weighted by Crippen LogP contribution is 2.27. The maximum Gasteiger partial charge on any atom is 0.152 e. The van der Waals surface area contributed by atoms with Crippen molar-refractivity contribution >= 4 is 17.2 Å². The van der Waals surface area contributed by atoms with Crippen molar-refractivity contribution in [2.24, 2.45) is 0 Å². The van der Waals surface area contributed by atoms with Gasteiger partial charge in [-0.05, 0) is 38.5 Å². The third-order valence-corrected chi connectivity index (χ3v) is 2.85. The van der Waals surface area contributed by atoms with Crippen molar-refractivity contribution in [2.75, 3.05) is 11.1 Å². The predicted octanol–water partition coefficient (Wildman–Crippen LogP) is 2.98. The Bertz CT molecular complexity index is 575. The summed E-state index contributed by atoms with van der Waals surface area (Å²) in [6.07, 6.45) is 0. The number of aryl methyl sites for hydroxylation is 3. The molecular formula is C13H17FN4. The molecular weight excluding hydrogens is 231 g/mol. The normalized spacial score (nSPS) is 10.7. The van der Waals surface area contributed by atoms with Gasteiger partial charge in [0, 0.05) is 6.54 Å². The fraction of sp³-hybridized carbons (Fsp3) is 0.308. The van der Waals surface area contributed by atoms with Gasteiger partial charge in [-0.25, -0.2) is 9.07 Å². The molecule has 0 radical (unpaired) electrons. The van der Waals surface area contributed by atoms with E-state index in [-0.39, 0.29) is 5.82 Å². The van der Waals surface area contributed by atoms with E-state index in [0.29, 0.717) is 23.7 Å². The number of anilines is 3. The number of nitrogen functional groups attached to an aromatic ring is 1. The van der Waals surface area contributed by atoms with E-state index in [1.54, 1.807) is 16.8 Å². The van der Waals surface area contributed by atoms with Gasteiger partial charge < -0.3 is 11.1 Å². The van der Waals surface area contributed by atoms with Gasteiger partial charge in [0.2, 0.25) is 0 Å². The minimum atomic E-state index is -0.304. The molecule has 0 saturated heterocycles.